The van der Waals surface area contributed by atoms with Crippen molar-refractivity contribution in [3.63, 3.8) is 0 Å². The third-order valence-corrected chi connectivity index (χ3v) is 5.21. The van der Waals surface area contributed by atoms with Gasteiger partial charge < -0.3 is 10.6 Å². The van der Waals surface area contributed by atoms with Crippen LogP contribution in [0.2, 0.25) is 0 Å². The van der Waals surface area contributed by atoms with Crippen molar-refractivity contribution in [2.24, 2.45) is 5.73 Å². The highest BCUT2D eigenvalue weighted by atomic mass is 79.9. The third-order valence-electron chi connectivity index (χ3n) is 2.66. The lowest BCUT2D eigenvalue weighted by Gasteiger charge is -2.20. The fraction of sp³-hybridized carbons (Fsp3) is 0.154. The van der Waals surface area contributed by atoms with Gasteiger partial charge in [-0.25, -0.2) is 0 Å². The Morgan fingerprint density at radius 1 is 1.37 bits per heavy atom. The van der Waals surface area contributed by atoms with Crippen molar-refractivity contribution in [3.8, 4) is 0 Å². The van der Waals surface area contributed by atoms with Gasteiger partial charge in [0.15, 0.2) is 0 Å². The summed E-state index contributed by atoms with van der Waals surface area (Å²) in [5.74, 6) is 0. The monoisotopic (exact) mass is 418 g/mol. The van der Waals surface area contributed by atoms with Crippen LogP contribution in [0.3, 0.4) is 0 Å². The molecule has 6 heteroatoms. The van der Waals surface area contributed by atoms with Crippen LogP contribution in [0.4, 0.5) is 5.69 Å². The van der Waals surface area contributed by atoms with Crippen LogP contribution in [-0.2, 0) is 6.54 Å². The summed E-state index contributed by atoms with van der Waals surface area (Å²) in [5, 5.41) is 2.09. The minimum Gasteiger partial charge on any atom is -0.389 e. The van der Waals surface area contributed by atoms with Gasteiger partial charge in [0.25, 0.3) is 0 Å². The lowest BCUT2D eigenvalue weighted by Crippen LogP contribution is -2.17. The van der Waals surface area contributed by atoms with Gasteiger partial charge in [0.05, 0.1) is 12.2 Å². The van der Waals surface area contributed by atoms with Crippen LogP contribution < -0.4 is 10.6 Å². The SMILES string of the molecule is CN(Cc1cc(Br)cs1)c1ccc(C(N)=S)cc1Br. The second-order valence-corrected chi connectivity index (χ2v) is 7.32. The van der Waals surface area contributed by atoms with Gasteiger partial charge in [-0.1, -0.05) is 12.2 Å². The fourth-order valence-corrected chi connectivity index (χ4v) is 4.04. The maximum atomic E-state index is 5.63. The standard InChI is InChI=1S/C13H12Br2N2S2/c1-17(6-10-5-9(14)7-19-10)12-3-2-8(13(16)18)4-11(12)15/h2-5,7H,6H2,1H3,(H2,16,18). The van der Waals surface area contributed by atoms with E-state index in [9.17, 15) is 0 Å². The molecule has 0 aliphatic heterocycles. The number of anilines is 1. The Balaban J connectivity index is 2.19. The second kappa shape index (κ2) is 6.35. The number of nitrogens with zero attached hydrogens (tertiary/aromatic N) is 1. The average molecular weight is 420 g/mol. The summed E-state index contributed by atoms with van der Waals surface area (Å²) in [6.07, 6.45) is 0. The van der Waals surface area contributed by atoms with E-state index in [1.165, 1.54) is 4.88 Å². The summed E-state index contributed by atoms with van der Waals surface area (Å²) in [7, 11) is 2.06. The minimum atomic E-state index is 0.414. The van der Waals surface area contributed by atoms with Crippen LogP contribution in [0.15, 0.2) is 38.6 Å². The number of halogens is 2. The van der Waals surface area contributed by atoms with E-state index in [4.69, 9.17) is 18.0 Å². The summed E-state index contributed by atoms with van der Waals surface area (Å²) in [5.41, 5.74) is 7.62. The van der Waals surface area contributed by atoms with Gasteiger partial charge in [-0.15, -0.1) is 11.3 Å². The predicted octanol–water partition coefficient (Wildman–Crippen LogP) is 4.54. The second-order valence-electron chi connectivity index (χ2n) is 4.12. The normalized spacial score (nSPS) is 10.5. The maximum absolute atomic E-state index is 5.63. The van der Waals surface area contributed by atoms with E-state index < -0.39 is 0 Å². The molecule has 0 spiro atoms. The molecule has 2 aromatic rings. The van der Waals surface area contributed by atoms with Crippen LogP contribution >= 0.6 is 55.4 Å². The van der Waals surface area contributed by atoms with E-state index in [1.807, 2.05) is 18.2 Å². The zero-order valence-corrected chi connectivity index (χ0v) is 15.0. The Hall–Kier alpha value is -0.430. The Labute approximate surface area is 138 Å². The number of hydrogen-bond acceptors (Lipinski definition) is 3. The number of benzene rings is 1. The smallest absolute Gasteiger partial charge is 0.104 e. The predicted molar refractivity (Wildman–Crippen MR) is 94.2 cm³/mol. The fourth-order valence-electron chi connectivity index (χ4n) is 1.73. The molecule has 2 nitrogen and oxygen atoms in total. The van der Waals surface area contributed by atoms with Crippen molar-refractivity contribution in [2.45, 2.75) is 6.54 Å². The van der Waals surface area contributed by atoms with Crippen molar-refractivity contribution in [3.05, 3.63) is 49.0 Å². The van der Waals surface area contributed by atoms with E-state index in [1.54, 1.807) is 11.3 Å². The first-order chi connectivity index (χ1) is 8.97. The summed E-state index contributed by atoms with van der Waals surface area (Å²) >= 11 is 13.8. The Morgan fingerprint density at radius 3 is 2.63 bits per heavy atom. The van der Waals surface area contributed by atoms with Crippen LogP contribution in [0, 0.1) is 0 Å². The Bertz CT molecular complexity index is 610. The molecular formula is C13H12Br2N2S2. The Kier molecular flexibility index (Phi) is 5.00. The first kappa shape index (κ1) is 15.0. The van der Waals surface area contributed by atoms with Gasteiger partial charge in [0, 0.05) is 31.8 Å². The van der Waals surface area contributed by atoms with Crippen molar-refractivity contribution in [1.29, 1.82) is 0 Å². The van der Waals surface area contributed by atoms with Gasteiger partial charge in [0.2, 0.25) is 0 Å². The van der Waals surface area contributed by atoms with E-state index in [0.717, 1.165) is 26.7 Å². The topological polar surface area (TPSA) is 29.3 Å². The van der Waals surface area contributed by atoms with Crippen molar-refractivity contribution in [2.75, 3.05) is 11.9 Å². The summed E-state index contributed by atoms with van der Waals surface area (Å²) < 4.78 is 2.12. The maximum Gasteiger partial charge on any atom is 0.104 e. The molecule has 0 bridgehead atoms. The molecule has 0 aliphatic carbocycles. The Morgan fingerprint density at radius 2 is 2.11 bits per heavy atom. The first-order valence-corrected chi connectivity index (χ1v) is 8.38. The summed E-state index contributed by atoms with van der Waals surface area (Å²) in [4.78, 5) is 3.91. The molecule has 2 N–H and O–H groups in total. The molecule has 2 rings (SSSR count). The molecule has 100 valence electrons. The number of thiocarbonyl (C=S) groups is 1. The highest BCUT2D eigenvalue weighted by molar-refractivity contribution is 9.10. The minimum absolute atomic E-state index is 0.414. The number of hydrogen-bond donors (Lipinski definition) is 1. The number of thiophene rings is 1. The van der Waals surface area contributed by atoms with Crippen molar-refractivity contribution >= 4 is 66.1 Å². The highest BCUT2D eigenvalue weighted by Gasteiger charge is 2.09. The molecule has 0 fully saturated rings. The van der Waals surface area contributed by atoms with E-state index in [2.05, 4.69) is 55.3 Å². The van der Waals surface area contributed by atoms with Crippen LogP contribution in [0.25, 0.3) is 0 Å². The zero-order valence-electron chi connectivity index (χ0n) is 10.2. The van der Waals surface area contributed by atoms with Crippen LogP contribution in [-0.4, -0.2) is 12.0 Å². The molecule has 1 aromatic heterocycles. The molecule has 0 atom stereocenters. The molecule has 1 aromatic carbocycles. The molecule has 0 saturated carbocycles. The van der Waals surface area contributed by atoms with E-state index in [-0.39, 0.29) is 0 Å². The molecule has 0 aliphatic rings. The average Bonchev–Trinajstić information content (AvgIpc) is 2.74. The molecule has 1 heterocycles. The lowest BCUT2D eigenvalue weighted by atomic mass is 10.2. The quantitative estimate of drug-likeness (QED) is 0.737. The van der Waals surface area contributed by atoms with Gasteiger partial charge in [-0.3, -0.25) is 0 Å². The number of nitrogens with two attached hydrogens (primary N) is 1. The zero-order chi connectivity index (χ0) is 14.0. The van der Waals surface area contributed by atoms with Crippen molar-refractivity contribution in [1.82, 2.24) is 0 Å². The molecule has 0 saturated heterocycles. The van der Waals surface area contributed by atoms with Gasteiger partial charge in [-0.05, 0) is 56.1 Å². The number of rotatable bonds is 4. The van der Waals surface area contributed by atoms with Crippen LogP contribution in [0.1, 0.15) is 10.4 Å². The molecule has 0 amide bonds. The first-order valence-electron chi connectivity index (χ1n) is 5.51. The van der Waals surface area contributed by atoms with Crippen LogP contribution in [0.5, 0.6) is 0 Å². The van der Waals surface area contributed by atoms with E-state index in [0.29, 0.717) is 4.99 Å². The summed E-state index contributed by atoms with van der Waals surface area (Å²) in [6, 6.07) is 8.07. The summed E-state index contributed by atoms with van der Waals surface area (Å²) in [6.45, 7) is 0.862. The van der Waals surface area contributed by atoms with Gasteiger partial charge >= 0.3 is 0 Å². The van der Waals surface area contributed by atoms with Gasteiger partial charge in [0.1, 0.15) is 4.99 Å². The molecular weight excluding hydrogens is 408 g/mol. The van der Waals surface area contributed by atoms with E-state index >= 15 is 0 Å². The largest absolute Gasteiger partial charge is 0.389 e. The molecule has 0 unspecified atom stereocenters. The lowest BCUT2D eigenvalue weighted by molar-refractivity contribution is 0.936. The van der Waals surface area contributed by atoms with Gasteiger partial charge in [-0.2, -0.15) is 0 Å². The molecule has 19 heavy (non-hydrogen) atoms. The third kappa shape index (κ3) is 3.78. The molecule has 0 radical (unpaired) electrons. The highest BCUT2D eigenvalue weighted by Crippen LogP contribution is 2.29. The van der Waals surface area contributed by atoms with Crippen molar-refractivity contribution < 1.29 is 0 Å².